The summed E-state index contributed by atoms with van der Waals surface area (Å²) in [6.07, 6.45) is 0. The molecule has 0 saturated heterocycles. The van der Waals surface area contributed by atoms with E-state index in [2.05, 4.69) is 0 Å². The second kappa shape index (κ2) is 31.8. The first kappa shape index (κ1) is 43.0. The summed E-state index contributed by atoms with van der Waals surface area (Å²) < 4.78 is 65.2. The van der Waals surface area contributed by atoms with Gasteiger partial charge in [0.05, 0.1) is 170 Å². The zero-order valence-electron chi connectivity index (χ0n) is 29.1. The Morgan fingerprint density at radius 2 is 0.592 bits per heavy atom. The predicted molar refractivity (Wildman–Crippen MR) is 177 cm³/mol. The summed E-state index contributed by atoms with van der Waals surface area (Å²) in [4.78, 5) is 25.8. The highest BCUT2D eigenvalue weighted by Gasteiger charge is 2.34. The number of hydrogen-bond acceptors (Lipinski definition) is 14. The first-order chi connectivity index (χ1) is 24.3. The lowest BCUT2D eigenvalue weighted by atomic mass is 10.1. The van der Waals surface area contributed by atoms with Gasteiger partial charge < -0.3 is 56.8 Å². The molecule has 0 N–H and O–H groups in total. The fraction of sp³-hybridized carbons (Fsp3) is 0.765. The van der Waals surface area contributed by atoms with Crippen molar-refractivity contribution in [1.29, 1.82) is 0 Å². The molecule has 2 rings (SSSR count). The summed E-state index contributed by atoms with van der Waals surface area (Å²) in [5.41, 5.74) is 0.883. The largest absolute Gasteiger partial charge is 0.379 e. The van der Waals surface area contributed by atoms with Crippen LogP contribution in [0.2, 0.25) is 0 Å². The third kappa shape index (κ3) is 22.3. The predicted octanol–water partition coefficient (Wildman–Crippen LogP) is 1.50. The summed E-state index contributed by atoms with van der Waals surface area (Å²) >= 11 is 0. The standard InChI is InChI=1S/C34H57NO14/c1-2-38-9-10-40-13-14-42-17-18-44-21-22-46-25-26-48-29-30-49-28-27-47-24-23-45-20-19-43-16-15-41-12-11-39-8-7-35-33(36)31-5-3-4-6-32(31)34(35)37/h3-6H,2,7-30H2,1H3. The Balaban J connectivity index is 1.17. The van der Waals surface area contributed by atoms with Gasteiger partial charge in [0.15, 0.2) is 0 Å². The normalized spacial score (nSPS) is 12.8. The van der Waals surface area contributed by atoms with Crippen LogP contribution in [0, 0.1) is 0 Å². The lowest BCUT2D eigenvalue weighted by molar-refractivity contribution is -0.0283. The highest BCUT2D eigenvalue weighted by molar-refractivity contribution is 6.21. The van der Waals surface area contributed by atoms with E-state index >= 15 is 0 Å². The number of carbonyl (C=O) groups excluding carboxylic acids is 2. The van der Waals surface area contributed by atoms with E-state index in [1.807, 2.05) is 6.92 Å². The molecule has 0 bridgehead atoms. The zero-order chi connectivity index (χ0) is 34.9. The lowest BCUT2D eigenvalue weighted by Gasteiger charge is -2.13. The molecule has 0 unspecified atom stereocenters. The molecule has 0 aromatic heterocycles. The van der Waals surface area contributed by atoms with Crippen molar-refractivity contribution in [2.75, 3.05) is 165 Å². The Bertz CT molecular complexity index is 905. The van der Waals surface area contributed by atoms with E-state index in [9.17, 15) is 9.59 Å². The van der Waals surface area contributed by atoms with Crippen molar-refractivity contribution in [3.63, 3.8) is 0 Å². The van der Waals surface area contributed by atoms with Crippen LogP contribution >= 0.6 is 0 Å². The number of imide groups is 1. The average molecular weight is 704 g/mol. The molecule has 282 valence electrons. The summed E-state index contributed by atoms with van der Waals surface area (Å²) in [6, 6.07) is 6.82. The topological polar surface area (TPSA) is 148 Å². The van der Waals surface area contributed by atoms with Crippen LogP contribution in [0.4, 0.5) is 0 Å². The molecule has 1 aromatic rings. The van der Waals surface area contributed by atoms with Gasteiger partial charge in [0.25, 0.3) is 11.8 Å². The minimum atomic E-state index is -0.278. The summed E-state index contributed by atoms with van der Waals surface area (Å²) in [6.45, 7) is 14.0. The van der Waals surface area contributed by atoms with E-state index in [4.69, 9.17) is 56.8 Å². The van der Waals surface area contributed by atoms with E-state index < -0.39 is 0 Å². The van der Waals surface area contributed by atoms with E-state index in [0.717, 1.165) is 0 Å². The number of rotatable bonds is 37. The van der Waals surface area contributed by atoms with Crippen LogP contribution in [0.1, 0.15) is 27.6 Å². The van der Waals surface area contributed by atoms with Gasteiger partial charge in [-0.25, -0.2) is 0 Å². The molecule has 0 radical (unpaired) electrons. The molecule has 0 saturated carbocycles. The van der Waals surface area contributed by atoms with Crippen LogP contribution in [0.25, 0.3) is 0 Å². The van der Waals surface area contributed by atoms with Gasteiger partial charge in [0.1, 0.15) is 0 Å². The molecular formula is C34H57NO14. The van der Waals surface area contributed by atoms with E-state index in [0.29, 0.717) is 163 Å². The lowest BCUT2D eigenvalue weighted by Crippen LogP contribution is -2.33. The Hall–Kier alpha value is -2.12. The molecule has 49 heavy (non-hydrogen) atoms. The second-order valence-corrected chi connectivity index (χ2v) is 10.2. The van der Waals surface area contributed by atoms with Gasteiger partial charge in [0, 0.05) is 6.61 Å². The first-order valence-electron chi connectivity index (χ1n) is 17.1. The highest BCUT2D eigenvalue weighted by atomic mass is 16.6. The summed E-state index contributed by atoms with van der Waals surface area (Å²) in [5, 5.41) is 0. The van der Waals surface area contributed by atoms with Gasteiger partial charge in [-0.15, -0.1) is 0 Å². The molecule has 2 amide bonds. The van der Waals surface area contributed by atoms with E-state index in [1.165, 1.54) is 4.90 Å². The van der Waals surface area contributed by atoms with Crippen LogP contribution < -0.4 is 0 Å². The van der Waals surface area contributed by atoms with E-state index in [1.54, 1.807) is 24.3 Å². The van der Waals surface area contributed by atoms with Crippen molar-refractivity contribution in [3.05, 3.63) is 35.4 Å². The number of nitrogens with zero attached hydrogens (tertiary/aromatic N) is 1. The monoisotopic (exact) mass is 703 g/mol. The Labute approximate surface area is 290 Å². The second-order valence-electron chi connectivity index (χ2n) is 10.2. The van der Waals surface area contributed by atoms with Gasteiger partial charge >= 0.3 is 0 Å². The Morgan fingerprint density at radius 3 is 0.837 bits per heavy atom. The molecule has 0 aliphatic carbocycles. The molecular weight excluding hydrogens is 646 g/mol. The fourth-order valence-corrected chi connectivity index (χ4v) is 4.16. The molecule has 0 atom stereocenters. The number of amides is 2. The fourth-order valence-electron chi connectivity index (χ4n) is 4.16. The molecule has 1 aliphatic rings. The Morgan fingerprint density at radius 1 is 0.367 bits per heavy atom. The number of carbonyl (C=O) groups is 2. The van der Waals surface area contributed by atoms with Gasteiger partial charge in [-0.3, -0.25) is 14.5 Å². The van der Waals surface area contributed by atoms with Gasteiger partial charge in [-0.1, -0.05) is 12.1 Å². The van der Waals surface area contributed by atoms with Crippen LogP contribution in [-0.4, -0.2) is 182 Å². The quantitative estimate of drug-likeness (QED) is 0.0728. The minimum Gasteiger partial charge on any atom is -0.379 e. The van der Waals surface area contributed by atoms with Crippen molar-refractivity contribution in [1.82, 2.24) is 4.90 Å². The molecule has 1 heterocycles. The molecule has 15 nitrogen and oxygen atoms in total. The van der Waals surface area contributed by atoms with Crippen LogP contribution in [0.15, 0.2) is 24.3 Å². The van der Waals surface area contributed by atoms with Crippen molar-refractivity contribution in [2.45, 2.75) is 6.92 Å². The van der Waals surface area contributed by atoms with Gasteiger partial charge in [0.2, 0.25) is 0 Å². The minimum absolute atomic E-state index is 0.214. The molecule has 15 heteroatoms. The molecule has 1 aromatic carbocycles. The van der Waals surface area contributed by atoms with Crippen LogP contribution in [0.5, 0.6) is 0 Å². The number of hydrogen-bond donors (Lipinski definition) is 0. The average Bonchev–Trinajstić information content (AvgIpc) is 3.36. The summed E-state index contributed by atoms with van der Waals surface area (Å²) in [5.74, 6) is -0.556. The van der Waals surface area contributed by atoms with Crippen molar-refractivity contribution in [2.24, 2.45) is 0 Å². The van der Waals surface area contributed by atoms with Crippen molar-refractivity contribution in [3.8, 4) is 0 Å². The number of ether oxygens (including phenoxy) is 12. The zero-order valence-corrected chi connectivity index (χ0v) is 29.1. The van der Waals surface area contributed by atoms with E-state index in [-0.39, 0.29) is 25.0 Å². The van der Waals surface area contributed by atoms with Gasteiger partial charge in [-0.2, -0.15) is 0 Å². The maximum atomic E-state index is 12.3. The smallest absolute Gasteiger partial charge is 0.261 e. The van der Waals surface area contributed by atoms with Crippen LogP contribution in [-0.2, 0) is 56.8 Å². The van der Waals surface area contributed by atoms with Crippen molar-refractivity contribution >= 4 is 11.8 Å². The number of benzene rings is 1. The molecule has 0 spiro atoms. The Kier molecular flexibility index (Phi) is 28.0. The van der Waals surface area contributed by atoms with Crippen molar-refractivity contribution < 1.29 is 66.4 Å². The SMILES string of the molecule is CCOCCOCCOCCOCCOCCOCCOCCOCCOCCOCCOCCOCCN1C(=O)c2ccccc2C1=O. The number of fused-ring (bicyclic) bond motifs is 1. The van der Waals surface area contributed by atoms with Gasteiger partial charge in [-0.05, 0) is 19.1 Å². The highest BCUT2D eigenvalue weighted by Crippen LogP contribution is 2.21. The summed E-state index contributed by atoms with van der Waals surface area (Å²) in [7, 11) is 0. The first-order valence-corrected chi connectivity index (χ1v) is 17.1. The third-order valence-corrected chi connectivity index (χ3v) is 6.63. The third-order valence-electron chi connectivity index (χ3n) is 6.63. The molecule has 1 aliphatic heterocycles. The van der Waals surface area contributed by atoms with Crippen LogP contribution in [0.3, 0.4) is 0 Å². The maximum Gasteiger partial charge on any atom is 0.261 e. The maximum absolute atomic E-state index is 12.3. The molecule has 0 fully saturated rings.